The number of rotatable bonds is 6. The Morgan fingerprint density at radius 3 is 1.29 bits per heavy atom. The van der Waals surface area contributed by atoms with Gasteiger partial charge in [0.1, 0.15) is 0 Å². The second-order valence-corrected chi connectivity index (χ2v) is 6.25. The van der Waals surface area contributed by atoms with Crippen LogP contribution in [0.25, 0.3) is 9.81 Å². The molecule has 2 aromatic carbocycles. The van der Waals surface area contributed by atoms with Crippen molar-refractivity contribution < 1.29 is 14.4 Å². The Hall–Kier alpha value is -2.97. The molecule has 0 aliphatic rings. The number of nitrogens with zero attached hydrogens (tertiary/aromatic N) is 2. The standard InChI is InChI=1S/C16H12N2O5S/c1-11(13-3-7-15(8-4-13)17(19)20)24(23)12(2)14-5-9-16(10-6-14)18(21)22/h3-10H,1-2H2. The zero-order valence-corrected chi connectivity index (χ0v) is 13.2. The number of hydrogen-bond donors (Lipinski definition) is 0. The lowest BCUT2D eigenvalue weighted by Gasteiger charge is -2.14. The van der Waals surface area contributed by atoms with Crippen LogP contribution in [-0.2, 0) is 11.2 Å². The van der Waals surface area contributed by atoms with Gasteiger partial charge in [-0.15, -0.1) is 0 Å². The van der Waals surface area contributed by atoms with E-state index >= 15 is 0 Å². The quantitative estimate of drug-likeness (QED) is 0.448. The number of nitro benzene ring substituents is 2. The predicted molar refractivity (Wildman–Crippen MR) is 92.4 cm³/mol. The molecule has 7 nitrogen and oxygen atoms in total. The van der Waals surface area contributed by atoms with Gasteiger partial charge in [0.25, 0.3) is 11.4 Å². The first kappa shape index (κ1) is 17.4. The lowest BCUT2D eigenvalue weighted by molar-refractivity contribution is -0.385. The van der Waals surface area contributed by atoms with Crippen LogP contribution >= 0.6 is 0 Å². The summed E-state index contributed by atoms with van der Waals surface area (Å²) in [6.45, 7) is 7.51. The molecule has 0 aliphatic heterocycles. The molecular formula is C16H12N2O5S. The summed E-state index contributed by atoms with van der Waals surface area (Å²) in [5.41, 5.74) is 0.821. The van der Waals surface area contributed by atoms with Crippen LogP contribution in [0.5, 0.6) is 0 Å². The molecule has 0 N–H and O–H groups in total. The zero-order valence-electron chi connectivity index (χ0n) is 12.4. The second kappa shape index (κ2) is 7.07. The topological polar surface area (TPSA) is 109 Å². The molecule has 2 aromatic rings. The summed E-state index contributed by atoms with van der Waals surface area (Å²) in [6, 6.07) is 11.0. The third kappa shape index (κ3) is 3.67. The molecule has 0 radical (unpaired) electrons. The lowest BCUT2D eigenvalue weighted by atomic mass is 10.2. The van der Waals surface area contributed by atoms with E-state index < -0.39 is 21.0 Å². The molecule has 0 unspecified atom stereocenters. The number of benzene rings is 2. The van der Waals surface area contributed by atoms with Crippen LogP contribution in [0, 0.1) is 20.2 Å². The van der Waals surface area contributed by atoms with Gasteiger partial charge in [0, 0.05) is 46.6 Å². The summed E-state index contributed by atoms with van der Waals surface area (Å²) < 4.78 is 12.5. The maximum atomic E-state index is 12.5. The first-order valence-corrected chi connectivity index (χ1v) is 7.75. The highest BCUT2D eigenvalue weighted by Crippen LogP contribution is 2.31. The highest BCUT2D eigenvalue weighted by Gasteiger charge is 2.22. The molecule has 0 saturated carbocycles. The van der Waals surface area contributed by atoms with Crippen LogP contribution in [-0.4, -0.2) is 14.4 Å². The smallest absolute Gasteiger partial charge is 0.269 e. The van der Waals surface area contributed by atoms with Gasteiger partial charge in [0.2, 0.25) is 0 Å². The molecule has 0 fully saturated rings. The van der Waals surface area contributed by atoms with Crippen molar-refractivity contribution in [3.8, 4) is 0 Å². The predicted octanol–water partition coefficient (Wildman–Crippen LogP) is 3.89. The molecule has 0 saturated heterocycles. The summed E-state index contributed by atoms with van der Waals surface area (Å²) in [7, 11) is 0. The molecular weight excluding hydrogens is 332 g/mol. The second-order valence-electron chi connectivity index (χ2n) is 4.72. The zero-order chi connectivity index (χ0) is 17.9. The van der Waals surface area contributed by atoms with E-state index in [1.54, 1.807) is 0 Å². The van der Waals surface area contributed by atoms with Crippen LogP contribution in [0.2, 0.25) is 0 Å². The lowest BCUT2D eigenvalue weighted by Crippen LogP contribution is -2.05. The molecule has 0 amide bonds. The molecule has 0 heterocycles. The van der Waals surface area contributed by atoms with Crippen molar-refractivity contribution in [2.75, 3.05) is 0 Å². The fourth-order valence-electron chi connectivity index (χ4n) is 1.90. The van der Waals surface area contributed by atoms with E-state index in [2.05, 4.69) is 13.2 Å². The number of nitro groups is 2. The number of non-ortho nitro benzene ring substituents is 2. The van der Waals surface area contributed by atoms with Gasteiger partial charge in [-0.1, -0.05) is 0 Å². The monoisotopic (exact) mass is 344 g/mol. The van der Waals surface area contributed by atoms with Crippen LogP contribution in [0.15, 0.2) is 61.7 Å². The fourth-order valence-corrected chi connectivity index (χ4v) is 2.90. The maximum Gasteiger partial charge on any atom is 0.269 e. The van der Waals surface area contributed by atoms with Crippen LogP contribution < -0.4 is 0 Å². The van der Waals surface area contributed by atoms with Gasteiger partial charge in [-0.25, -0.2) is 0 Å². The Morgan fingerprint density at radius 2 is 1.04 bits per heavy atom. The van der Waals surface area contributed by atoms with Gasteiger partial charge in [0.05, 0.1) is 9.85 Å². The third-order valence-corrected chi connectivity index (χ3v) is 4.61. The van der Waals surface area contributed by atoms with Crippen molar-refractivity contribution in [3.63, 3.8) is 0 Å². The van der Waals surface area contributed by atoms with Crippen LogP contribution in [0.3, 0.4) is 0 Å². The fraction of sp³-hybridized carbons (Fsp3) is 0. The number of hydrogen-bond acceptors (Lipinski definition) is 5. The van der Waals surface area contributed by atoms with E-state index in [4.69, 9.17) is 0 Å². The van der Waals surface area contributed by atoms with Crippen molar-refractivity contribution >= 4 is 32.4 Å². The van der Waals surface area contributed by atoms with Crippen molar-refractivity contribution in [2.24, 2.45) is 0 Å². The average Bonchev–Trinajstić information content (AvgIpc) is 2.60. The molecule has 0 aromatic heterocycles. The Balaban J connectivity index is 2.18. The van der Waals surface area contributed by atoms with Crippen LogP contribution in [0.4, 0.5) is 11.4 Å². The Labute approximate surface area is 140 Å². The van der Waals surface area contributed by atoms with Crippen molar-refractivity contribution in [1.29, 1.82) is 0 Å². The van der Waals surface area contributed by atoms with Crippen molar-refractivity contribution in [2.45, 2.75) is 0 Å². The van der Waals surface area contributed by atoms with E-state index in [0.717, 1.165) is 0 Å². The van der Waals surface area contributed by atoms with Crippen molar-refractivity contribution in [1.82, 2.24) is 0 Å². The normalized spacial score (nSPS) is 10.4. The van der Waals surface area contributed by atoms with E-state index in [-0.39, 0.29) is 21.2 Å². The maximum absolute atomic E-state index is 12.5. The largest absolute Gasteiger partial charge is 0.606 e. The molecule has 0 atom stereocenters. The highest BCUT2D eigenvalue weighted by atomic mass is 32.2. The first-order valence-electron chi connectivity index (χ1n) is 6.60. The molecule has 8 heteroatoms. The summed E-state index contributed by atoms with van der Waals surface area (Å²) in [5, 5.41) is 21.3. The summed E-state index contributed by atoms with van der Waals surface area (Å²) >= 11 is -1.67. The SMILES string of the molecule is C=C(c1ccc([N+](=O)[O-])cc1)[S+]([O-])C(=C)c1ccc([N+](=O)[O-])cc1. The van der Waals surface area contributed by atoms with Gasteiger partial charge in [-0.3, -0.25) is 20.2 Å². The first-order chi connectivity index (χ1) is 11.3. The minimum Gasteiger partial charge on any atom is -0.606 e. The summed E-state index contributed by atoms with van der Waals surface area (Å²) in [6.07, 6.45) is 0. The van der Waals surface area contributed by atoms with Gasteiger partial charge in [-0.05, 0) is 37.4 Å². The Kier molecular flexibility index (Phi) is 5.12. The highest BCUT2D eigenvalue weighted by molar-refractivity contribution is 8.08. The van der Waals surface area contributed by atoms with E-state index in [1.165, 1.54) is 48.5 Å². The molecule has 2 rings (SSSR count). The van der Waals surface area contributed by atoms with Gasteiger partial charge < -0.3 is 4.55 Å². The summed E-state index contributed by atoms with van der Waals surface area (Å²) in [5.74, 6) is 0. The average molecular weight is 344 g/mol. The molecule has 0 bridgehead atoms. The minimum absolute atomic E-state index is 0.0773. The van der Waals surface area contributed by atoms with Crippen molar-refractivity contribution in [3.05, 3.63) is 93.0 Å². The Bertz CT molecular complexity index is 746. The molecule has 0 aliphatic carbocycles. The molecule has 122 valence electrons. The minimum atomic E-state index is -1.67. The summed E-state index contributed by atoms with van der Waals surface area (Å²) in [4.78, 5) is 20.7. The van der Waals surface area contributed by atoms with E-state index in [1.807, 2.05) is 0 Å². The van der Waals surface area contributed by atoms with Gasteiger partial charge in [0.15, 0.2) is 9.81 Å². The van der Waals surface area contributed by atoms with Gasteiger partial charge in [-0.2, -0.15) is 0 Å². The van der Waals surface area contributed by atoms with E-state index in [9.17, 15) is 24.8 Å². The molecule has 0 spiro atoms. The Morgan fingerprint density at radius 1 is 0.750 bits per heavy atom. The van der Waals surface area contributed by atoms with Crippen LogP contribution in [0.1, 0.15) is 11.1 Å². The van der Waals surface area contributed by atoms with E-state index in [0.29, 0.717) is 11.1 Å². The third-order valence-electron chi connectivity index (χ3n) is 3.25. The van der Waals surface area contributed by atoms with Gasteiger partial charge >= 0.3 is 0 Å². The molecule has 24 heavy (non-hydrogen) atoms.